The van der Waals surface area contributed by atoms with E-state index in [2.05, 4.69) is 4.72 Å². The molecule has 0 saturated heterocycles. The van der Waals surface area contributed by atoms with Gasteiger partial charge in [-0.3, -0.25) is 9.59 Å². The number of carbonyl (C=O) groups excluding carboxylic acids is 2. The first-order valence-corrected chi connectivity index (χ1v) is 12.2. The topological polar surface area (TPSA) is 86.8 Å². The summed E-state index contributed by atoms with van der Waals surface area (Å²) in [5.41, 5.74) is 3.75. The molecule has 0 atom stereocenters. The van der Waals surface area contributed by atoms with E-state index in [0.29, 0.717) is 19.5 Å². The first kappa shape index (κ1) is 20.2. The number of hydrogen-bond acceptors (Lipinski definition) is 4. The molecule has 2 aromatic carbocycles. The maximum Gasteiger partial charge on any atom is 0.240 e. The fourth-order valence-corrected chi connectivity index (χ4v) is 5.51. The zero-order valence-electron chi connectivity index (χ0n) is 17.2. The Hall–Kier alpha value is -2.71. The fraction of sp³-hybridized carbons (Fsp3) is 0.391. The smallest absolute Gasteiger partial charge is 0.240 e. The summed E-state index contributed by atoms with van der Waals surface area (Å²) in [6.45, 7) is 1.28. The molecule has 1 aliphatic carbocycles. The molecule has 2 heterocycles. The molecule has 0 radical (unpaired) electrons. The third-order valence-corrected chi connectivity index (χ3v) is 7.73. The normalized spacial score (nSPS) is 17.5. The van der Waals surface area contributed by atoms with Gasteiger partial charge in [-0.05, 0) is 61.1 Å². The van der Waals surface area contributed by atoms with E-state index in [9.17, 15) is 18.0 Å². The molecule has 0 aromatic heterocycles. The van der Waals surface area contributed by atoms with Crippen LogP contribution < -0.4 is 14.5 Å². The number of fused-ring (bicyclic) bond motifs is 2. The van der Waals surface area contributed by atoms with Crippen molar-refractivity contribution in [3.05, 3.63) is 53.6 Å². The number of hydrogen-bond donors (Lipinski definition) is 1. The molecule has 1 saturated carbocycles. The second kappa shape index (κ2) is 7.76. The van der Waals surface area contributed by atoms with E-state index in [0.717, 1.165) is 41.8 Å². The van der Waals surface area contributed by atoms with Crippen molar-refractivity contribution in [3.8, 4) is 0 Å². The highest BCUT2D eigenvalue weighted by Gasteiger charge is 2.36. The van der Waals surface area contributed by atoms with E-state index in [1.807, 2.05) is 24.3 Å². The van der Waals surface area contributed by atoms with Gasteiger partial charge in [-0.1, -0.05) is 18.2 Å². The summed E-state index contributed by atoms with van der Waals surface area (Å²) in [5.74, 6) is 0.196. The first-order chi connectivity index (χ1) is 14.9. The lowest BCUT2D eigenvalue weighted by Crippen LogP contribution is -2.33. The number of nitrogens with zero attached hydrogens (tertiary/aromatic N) is 2. The second-order valence-electron chi connectivity index (χ2n) is 8.38. The number of sulfonamides is 1. The Balaban J connectivity index is 1.21. The van der Waals surface area contributed by atoms with Crippen molar-refractivity contribution >= 4 is 33.2 Å². The van der Waals surface area contributed by atoms with Crippen molar-refractivity contribution in [1.29, 1.82) is 0 Å². The van der Waals surface area contributed by atoms with Gasteiger partial charge in [0.15, 0.2) is 0 Å². The quantitative estimate of drug-likeness (QED) is 0.748. The maximum absolute atomic E-state index is 12.8. The third kappa shape index (κ3) is 3.85. The van der Waals surface area contributed by atoms with Crippen LogP contribution in [-0.2, 0) is 32.5 Å². The largest absolute Gasteiger partial charge is 0.312 e. The molecule has 2 amide bonds. The molecule has 1 N–H and O–H groups in total. The van der Waals surface area contributed by atoms with Crippen LogP contribution in [0.1, 0.15) is 30.4 Å². The lowest BCUT2D eigenvalue weighted by atomic mass is 10.2. The van der Waals surface area contributed by atoms with Crippen LogP contribution in [-0.4, -0.2) is 39.9 Å². The molecule has 0 unspecified atom stereocenters. The molecule has 1 fully saturated rings. The molecule has 31 heavy (non-hydrogen) atoms. The van der Waals surface area contributed by atoms with Crippen LogP contribution in [0.5, 0.6) is 0 Å². The predicted octanol–water partition coefficient (Wildman–Crippen LogP) is 2.24. The van der Waals surface area contributed by atoms with Gasteiger partial charge in [0.25, 0.3) is 0 Å². The summed E-state index contributed by atoms with van der Waals surface area (Å²) in [4.78, 5) is 28.7. The van der Waals surface area contributed by atoms with Gasteiger partial charge in [0.05, 0.1) is 4.90 Å². The van der Waals surface area contributed by atoms with E-state index in [-0.39, 0.29) is 35.6 Å². The highest BCUT2D eigenvalue weighted by Crippen LogP contribution is 2.37. The zero-order valence-corrected chi connectivity index (χ0v) is 18.0. The Morgan fingerprint density at radius 2 is 1.65 bits per heavy atom. The van der Waals surface area contributed by atoms with E-state index in [4.69, 9.17) is 0 Å². The van der Waals surface area contributed by atoms with Crippen LogP contribution in [0.3, 0.4) is 0 Å². The van der Waals surface area contributed by atoms with Gasteiger partial charge in [-0.25, -0.2) is 13.1 Å². The molecule has 8 heteroatoms. The van der Waals surface area contributed by atoms with Crippen molar-refractivity contribution < 1.29 is 18.0 Å². The monoisotopic (exact) mass is 439 g/mol. The second-order valence-corrected chi connectivity index (χ2v) is 10.1. The average Bonchev–Trinajstić information content (AvgIpc) is 3.39. The Bertz CT molecular complexity index is 1160. The molecule has 2 aliphatic heterocycles. The molecule has 7 nitrogen and oxygen atoms in total. The van der Waals surface area contributed by atoms with Crippen LogP contribution >= 0.6 is 0 Å². The Kier molecular flexibility index (Phi) is 5.06. The van der Waals surface area contributed by atoms with Crippen molar-refractivity contribution in [3.63, 3.8) is 0 Å². The van der Waals surface area contributed by atoms with Crippen LogP contribution in [0.25, 0.3) is 0 Å². The zero-order chi connectivity index (χ0) is 21.6. The number of amides is 2. The summed E-state index contributed by atoms with van der Waals surface area (Å²) < 4.78 is 28.1. The number of para-hydroxylation sites is 1. The summed E-state index contributed by atoms with van der Waals surface area (Å²) in [6.07, 6.45) is 3.47. The molecular weight excluding hydrogens is 414 g/mol. The van der Waals surface area contributed by atoms with Crippen LogP contribution in [0.4, 0.5) is 11.4 Å². The SMILES string of the molecule is O=C(CCNS(=O)(=O)c1ccc2c(c1)CCN2C(=O)C1CC1)N1CCc2ccccc21. The maximum atomic E-state index is 12.8. The molecule has 3 aliphatic rings. The van der Waals surface area contributed by atoms with Gasteiger partial charge in [0, 0.05) is 43.3 Å². The fourth-order valence-electron chi connectivity index (χ4n) is 4.43. The van der Waals surface area contributed by atoms with Crippen molar-refractivity contribution in [2.24, 2.45) is 5.92 Å². The summed E-state index contributed by atoms with van der Waals surface area (Å²) >= 11 is 0. The number of anilines is 2. The molecule has 162 valence electrons. The molecule has 2 aromatic rings. The van der Waals surface area contributed by atoms with Gasteiger partial charge in [-0.15, -0.1) is 0 Å². The van der Waals surface area contributed by atoms with Crippen molar-refractivity contribution in [2.75, 3.05) is 29.4 Å². The molecule has 0 bridgehead atoms. The molecule has 0 spiro atoms. The first-order valence-electron chi connectivity index (χ1n) is 10.8. The van der Waals surface area contributed by atoms with Crippen molar-refractivity contribution in [1.82, 2.24) is 4.72 Å². The molecular formula is C23H25N3O4S. The van der Waals surface area contributed by atoms with E-state index in [1.165, 1.54) is 6.07 Å². The van der Waals surface area contributed by atoms with Gasteiger partial charge < -0.3 is 9.80 Å². The highest BCUT2D eigenvalue weighted by molar-refractivity contribution is 7.89. The van der Waals surface area contributed by atoms with E-state index >= 15 is 0 Å². The number of rotatable bonds is 6. The standard InChI is InChI=1S/C23H25N3O4S/c27-22(25-13-10-16-3-1-2-4-20(16)25)9-12-24-31(29,30)19-7-8-21-18(15-19)11-14-26(21)23(28)17-5-6-17/h1-4,7-8,15,17,24H,5-6,9-14H2. The minimum absolute atomic E-state index is 0.0449. The minimum atomic E-state index is -3.73. The highest BCUT2D eigenvalue weighted by atomic mass is 32.2. The predicted molar refractivity (Wildman–Crippen MR) is 118 cm³/mol. The minimum Gasteiger partial charge on any atom is -0.312 e. The number of carbonyl (C=O) groups is 2. The van der Waals surface area contributed by atoms with Gasteiger partial charge in [0.2, 0.25) is 21.8 Å². The van der Waals surface area contributed by atoms with Gasteiger partial charge in [-0.2, -0.15) is 0 Å². The van der Waals surface area contributed by atoms with Crippen molar-refractivity contribution in [2.45, 2.75) is 37.0 Å². The Labute approximate surface area is 182 Å². The van der Waals surface area contributed by atoms with E-state index in [1.54, 1.807) is 21.9 Å². The third-order valence-electron chi connectivity index (χ3n) is 6.27. The number of nitrogens with one attached hydrogen (secondary N) is 1. The summed E-state index contributed by atoms with van der Waals surface area (Å²) in [7, 11) is -3.73. The lowest BCUT2D eigenvalue weighted by Gasteiger charge is -2.18. The van der Waals surface area contributed by atoms with Crippen LogP contribution in [0, 0.1) is 5.92 Å². The summed E-state index contributed by atoms with van der Waals surface area (Å²) in [6, 6.07) is 12.7. The average molecular weight is 440 g/mol. The van der Waals surface area contributed by atoms with Gasteiger partial charge >= 0.3 is 0 Å². The van der Waals surface area contributed by atoms with E-state index < -0.39 is 10.0 Å². The summed E-state index contributed by atoms with van der Waals surface area (Å²) in [5, 5.41) is 0. The molecule has 5 rings (SSSR count). The van der Waals surface area contributed by atoms with Crippen LogP contribution in [0.2, 0.25) is 0 Å². The lowest BCUT2D eigenvalue weighted by molar-refractivity contribution is -0.120. The van der Waals surface area contributed by atoms with Gasteiger partial charge in [0.1, 0.15) is 0 Å². The van der Waals surface area contributed by atoms with Crippen LogP contribution in [0.15, 0.2) is 47.4 Å². The Morgan fingerprint density at radius 1 is 0.935 bits per heavy atom. The number of benzene rings is 2. The Morgan fingerprint density at radius 3 is 2.45 bits per heavy atom.